The lowest BCUT2D eigenvalue weighted by Crippen LogP contribution is -2.37. The molecule has 1 aromatic heterocycles. The number of alkyl halides is 6. The van der Waals surface area contributed by atoms with Crippen LogP contribution < -0.4 is 15.8 Å². The summed E-state index contributed by atoms with van der Waals surface area (Å²) in [6.45, 7) is 0. The summed E-state index contributed by atoms with van der Waals surface area (Å²) in [5, 5.41) is 27.6. The maximum atomic E-state index is 13.2. The molecule has 3 rings (SSSR count). The van der Waals surface area contributed by atoms with Crippen LogP contribution >= 0.6 is 0 Å². The first-order chi connectivity index (χ1) is 20.2. The lowest BCUT2D eigenvalue weighted by atomic mass is 10.1. The number of nitrogens with one attached hydrogen (secondary N) is 1. The van der Waals surface area contributed by atoms with Gasteiger partial charge in [0.1, 0.15) is 17.4 Å². The molecule has 0 saturated carbocycles. The molecule has 0 radical (unpaired) electrons. The van der Waals surface area contributed by atoms with E-state index in [1.54, 1.807) is 24.3 Å². The number of carboxylic acid groups (broad SMARTS) is 2. The van der Waals surface area contributed by atoms with Crippen molar-refractivity contribution >= 4 is 29.2 Å². The number of nitrogens with zero attached hydrogens (tertiary/aromatic N) is 2. The van der Waals surface area contributed by atoms with Crippen molar-refractivity contribution in [2.45, 2.75) is 24.8 Å². The Kier molecular flexibility index (Phi) is 13.1. The molecule has 0 bridgehead atoms. The van der Waals surface area contributed by atoms with Crippen molar-refractivity contribution in [1.29, 1.82) is 0 Å². The van der Waals surface area contributed by atoms with Crippen LogP contribution in [0.5, 0.6) is 11.6 Å². The van der Waals surface area contributed by atoms with Crippen LogP contribution in [0.25, 0.3) is 0 Å². The van der Waals surface area contributed by atoms with Gasteiger partial charge in [0.25, 0.3) is 5.88 Å². The van der Waals surface area contributed by atoms with E-state index < -0.39 is 52.8 Å². The molecule has 0 fully saturated rings. The lowest BCUT2D eigenvalue weighted by molar-refractivity contribution is -0.386. The van der Waals surface area contributed by atoms with Gasteiger partial charge in [0.15, 0.2) is 0 Å². The zero-order valence-electron chi connectivity index (χ0n) is 21.4. The second-order valence-corrected chi connectivity index (χ2v) is 7.89. The van der Waals surface area contributed by atoms with Crippen LogP contribution in [-0.4, -0.2) is 56.4 Å². The molecular weight excluding hydrogens is 624 g/mol. The Morgan fingerprint density at radius 3 is 1.84 bits per heavy atom. The number of carbonyl (C=O) groups excluding carboxylic acids is 1. The standard InChI is InChI=1S/C20H16F2N4O4.2C2HF3O2/c21-13-9-14(22)11-15(10-13)25-19(27)17(23)8-12-3-5-16(6-4-12)30-20-18(26(28)29)2-1-7-24-20;2*3-2(4,5)1(6)7/h1-7,9-11,17H,8,23H2,(H,25,27);2*(H,6,7)/t17-;;/m0../s1. The normalized spacial score (nSPS) is 11.5. The number of nitrogens with two attached hydrogens (primary N) is 1. The van der Waals surface area contributed by atoms with E-state index in [9.17, 15) is 50.0 Å². The quantitative estimate of drug-likeness (QED) is 0.157. The molecule has 0 aliphatic rings. The Morgan fingerprint density at radius 1 is 0.932 bits per heavy atom. The molecule has 0 saturated heterocycles. The monoisotopic (exact) mass is 642 g/mol. The van der Waals surface area contributed by atoms with Crippen molar-refractivity contribution in [3.8, 4) is 11.6 Å². The fourth-order valence-corrected chi connectivity index (χ4v) is 2.61. The molecule has 1 amide bonds. The van der Waals surface area contributed by atoms with Gasteiger partial charge in [0, 0.05) is 24.0 Å². The third-order valence-electron chi connectivity index (χ3n) is 4.49. The number of nitro groups is 1. The number of carboxylic acids is 2. The van der Waals surface area contributed by atoms with Crippen molar-refractivity contribution < 1.29 is 69.4 Å². The lowest BCUT2D eigenvalue weighted by Gasteiger charge is -2.13. The van der Waals surface area contributed by atoms with E-state index in [1.165, 1.54) is 18.3 Å². The van der Waals surface area contributed by atoms with Crippen LogP contribution in [0.3, 0.4) is 0 Å². The number of hydrogen-bond acceptors (Lipinski definition) is 8. The summed E-state index contributed by atoms with van der Waals surface area (Å²) >= 11 is 0. The maximum Gasteiger partial charge on any atom is 0.490 e. The summed E-state index contributed by atoms with van der Waals surface area (Å²) in [6, 6.07) is 10.8. The minimum absolute atomic E-state index is 0.0337. The summed E-state index contributed by atoms with van der Waals surface area (Å²) in [5.41, 5.74) is 6.26. The highest BCUT2D eigenvalue weighted by Gasteiger charge is 2.38. The molecule has 0 aliphatic heterocycles. The molecular formula is C24H18F8N4O8. The number of rotatable bonds is 7. The predicted octanol–water partition coefficient (Wildman–Crippen LogP) is 4.84. The third kappa shape index (κ3) is 13.1. The molecule has 1 atom stereocenters. The van der Waals surface area contributed by atoms with E-state index in [0.29, 0.717) is 17.4 Å². The molecule has 44 heavy (non-hydrogen) atoms. The molecule has 2 aromatic carbocycles. The molecule has 0 aliphatic carbocycles. The van der Waals surface area contributed by atoms with E-state index >= 15 is 0 Å². The average molecular weight is 642 g/mol. The summed E-state index contributed by atoms with van der Waals surface area (Å²) in [4.78, 5) is 44.2. The maximum absolute atomic E-state index is 13.2. The smallest absolute Gasteiger partial charge is 0.475 e. The minimum Gasteiger partial charge on any atom is -0.475 e. The topological polar surface area (TPSA) is 195 Å². The second-order valence-electron chi connectivity index (χ2n) is 7.89. The van der Waals surface area contributed by atoms with Gasteiger partial charge in [-0.05, 0) is 42.3 Å². The van der Waals surface area contributed by atoms with E-state index in [-0.39, 0.29) is 23.7 Å². The molecule has 12 nitrogen and oxygen atoms in total. The van der Waals surface area contributed by atoms with Gasteiger partial charge >= 0.3 is 30.0 Å². The number of ether oxygens (including phenoxy) is 1. The molecule has 0 unspecified atom stereocenters. The van der Waals surface area contributed by atoms with Crippen molar-refractivity contribution in [2.24, 2.45) is 5.73 Å². The number of benzene rings is 2. The van der Waals surface area contributed by atoms with Crippen LogP contribution in [0.15, 0.2) is 60.8 Å². The fourth-order valence-electron chi connectivity index (χ4n) is 2.61. The third-order valence-corrected chi connectivity index (χ3v) is 4.49. The van der Waals surface area contributed by atoms with Gasteiger partial charge in [0.2, 0.25) is 5.91 Å². The van der Waals surface area contributed by atoms with Gasteiger partial charge in [-0.25, -0.2) is 23.4 Å². The Bertz CT molecular complexity index is 1420. The van der Waals surface area contributed by atoms with Crippen molar-refractivity contribution in [3.05, 3.63) is 88.1 Å². The Balaban J connectivity index is 0.000000574. The zero-order valence-corrected chi connectivity index (χ0v) is 21.4. The van der Waals surface area contributed by atoms with E-state index in [0.717, 1.165) is 12.1 Å². The van der Waals surface area contributed by atoms with Crippen molar-refractivity contribution in [3.63, 3.8) is 0 Å². The number of carbonyl (C=O) groups is 3. The van der Waals surface area contributed by atoms with Crippen LogP contribution in [0.2, 0.25) is 0 Å². The van der Waals surface area contributed by atoms with Gasteiger partial charge in [-0.15, -0.1) is 0 Å². The minimum atomic E-state index is -5.08. The first kappa shape index (κ1) is 36.6. The molecule has 3 aromatic rings. The van der Waals surface area contributed by atoms with E-state index in [4.69, 9.17) is 30.3 Å². The molecule has 5 N–H and O–H groups in total. The summed E-state index contributed by atoms with van der Waals surface area (Å²) in [5.74, 6) is -7.59. The Morgan fingerprint density at radius 2 is 1.41 bits per heavy atom. The molecule has 238 valence electrons. The first-order valence-corrected chi connectivity index (χ1v) is 11.2. The van der Waals surface area contributed by atoms with Crippen molar-refractivity contribution in [2.75, 3.05) is 5.32 Å². The fraction of sp³-hybridized carbons (Fsp3) is 0.167. The number of aromatic nitrogens is 1. The highest BCUT2D eigenvalue weighted by molar-refractivity contribution is 5.94. The molecule has 0 spiro atoms. The Hall–Kier alpha value is -5.40. The van der Waals surface area contributed by atoms with Gasteiger partial charge < -0.3 is 26.0 Å². The highest BCUT2D eigenvalue weighted by atomic mass is 19.4. The number of aliphatic carboxylic acids is 2. The predicted molar refractivity (Wildman–Crippen MR) is 131 cm³/mol. The zero-order chi connectivity index (χ0) is 33.8. The first-order valence-electron chi connectivity index (χ1n) is 11.2. The van der Waals surface area contributed by atoms with Crippen LogP contribution in [0.1, 0.15) is 5.56 Å². The van der Waals surface area contributed by atoms with Crippen LogP contribution in [0, 0.1) is 21.7 Å². The number of hydrogen-bond donors (Lipinski definition) is 4. The van der Waals surface area contributed by atoms with E-state index in [1.807, 2.05) is 0 Å². The SMILES string of the molecule is N[C@@H](Cc1ccc(Oc2ncccc2[N+](=O)[O-])cc1)C(=O)Nc1cc(F)cc(F)c1.O=C(O)C(F)(F)F.O=C(O)C(F)(F)F. The van der Waals surface area contributed by atoms with Gasteiger partial charge in [-0.1, -0.05) is 12.1 Å². The van der Waals surface area contributed by atoms with Crippen LogP contribution in [0.4, 0.5) is 46.5 Å². The largest absolute Gasteiger partial charge is 0.490 e. The van der Waals surface area contributed by atoms with Crippen molar-refractivity contribution in [1.82, 2.24) is 4.98 Å². The highest BCUT2D eigenvalue weighted by Crippen LogP contribution is 2.28. The molecule has 1 heterocycles. The van der Waals surface area contributed by atoms with Gasteiger partial charge in [-0.3, -0.25) is 14.9 Å². The number of halogens is 8. The summed E-state index contributed by atoms with van der Waals surface area (Å²) in [7, 11) is 0. The van der Waals surface area contributed by atoms with Gasteiger partial charge in [-0.2, -0.15) is 26.3 Å². The average Bonchev–Trinajstić information content (AvgIpc) is 2.89. The Labute approximate surface area is 239 Å². The van der Waals surface area contributed by atoms with Gasteiger partial charge in [0.05, 0.1) is 11.0 Å². The van der Waals surface area contributed by atoms with E-state index in [2.05, 4.69) is 10.3 Å². The van der Waals surface area contributed by atoms with Crippen LogP contribution in [-0.2, 0) is 20.8 Å². The number of pyridine rings is 1. The summed E-state index contributed by atoms with van der Waals surface area (Å²) < 4.78 is 95.3. The number of amides is 1. The molecule has 20 heteroatoms. The second kappa shape index (κ2) is 15.7. The summed E-state index contributed by atoms with van der Waals surface area (Å²) in [6.07, 6.45) is -8.65. The number of anilines is 1.